The van der Waals surface area contributed by atoms with Crippen LogP contribution in [0.25, 0.3) is 0 Å². The molecule has 1 amide bonds. The van der Waals surface area contributed by atoms with Gasteiger partial charge in [0.15, 0.2) is 6.61 Å². The van der Waals surface area contributed by atoms with E-state index in [-0.39, 0.29) is 18.4 Å². The summed E-state index contributed by atoms with van der Waals surface area (Å²) in [6.07, 6.45) is 0. The third kappa shape index (κ3) is 3.93. The second kappa shape index (κ2) is 6.37. The Balaban J connectivity index is 1.93. The van der Waals surface area contributed by atoms with E-state index in [0.717, 1.165) is 0 Å². The topological polar surface area (TPSA) is 132 Å². The van der Waals surface area contributed by atoms with Gasteiger partial charge in [0.25, 0.3) is 5.91 Å². The van der Waals surface area contributed by atoms with Crippen molar-refractivity contribution in [1.82, 2.24) is 15.2 Å². The number of H-pyrrole nitrogens is 1. The van der Waals surface area contributed by atoms with Gasteiger partial charge in [0.1, 0.15) is 5.75 Å². The zero-order chi connectivity index (χ0) is 15.2. The van der Waals surface area contributed by atoms with Gasteiger partial charge in [0.2, 0.25) is 11.8 Å². The number of carbonyl (C=O) groups excluding carboxylic acids is 2. The van der Waals surface area contributed by atoms with Crippen LogP contribution >= 0.6 is 0 Å². The number of nitrogens with zero attached hydrogens (tertiary/aromatic N) is 2. The average Bonchev–Trinajstić information content (AvgIpc) is 2.93. The van der Waals surface area contributed by atoms with Gasteiger partial charge < -0.3 is 20.5 Å². The highest BCUT2D eigenvalue weighted by molar-refractivity contribution is 6.01. The number of amides is 1. The number of carbonyl (C=O) groups is 2. The lowest BCUT2D eigenvalue weighted by Gasteiger charge is -2.06. The highest BCUT2D eigenvalue weighted by Gasteiger charge is 2.11. The number of nitrogen functional groups attached to an aromatic ring is 1. The number of nitrogens with two attached hydrogens (primary N) is 1. The SMILES string of the molecule is COC(=O)COc1ccc(NC(=O)c2nc(N)n[nH]2)cc1. The van der Waals surface area contributed by atoms with Crippen molar-refractivity contribution in [3.05, 3.63) is 30.1 Å². The van der Waals surface area contributed by atoms with E-state index in [9.17, 15) is 9.59 Å². The number of aromatic amines is 1. The lowest BCUT2D eigenvalue weighted by Crippen LogP contribution is -2.14. The third-order valence-electron chi connectivity index (χ3n) is 2.41. The largest absolute Gasteiger partial charge is 0.482 e. The maximum Gasteiger partial charge on any atom is 0.343 e. The molecular weight excluding hydrogens is 278 g/mol. The maximum atomic E-state index is 11.8. The lowest BCUT2D eigenvalue weighted by molar-refractivity contribution is -0.142. The number of esters is 1. The smallest absolute Gasteiger partial charge is 0.343 e. The van der Waals surface area contributed by atoms with Crippen molar-refractivity contribution in [3.8, 4) is 5.75 Å². The number of anilines is 2. The molecule has 21 heavy (non-hydrogen) atoms. The van der Waals surface area contributed by atoms with Crippen molar-refractivity contribution in [2.24, 2.45) is 0 Å². The molecule has 4 N–H and O–H groups in total. The molecule has 0 atom stereocenters. The third-order valence-corrected chi connectivity index (χ3v) is 2.41. The minimum Gasteiger partial charge on any atom is -0.482 e. The van der Waals surface area contributed by atoms with E-state index in [0.29, 0.717) is 11.4 Å². The molecule has 2 rings (SSSR count). The highest BCUT2D eigenvalue weighted by atomic mass is 16.6. The van der Waals surface area contributed by atoms with Crippen LogP contribution in [0.1, 0.15) is 10.6 Å². The fourth-order valence-corrected chi connectivity index (χ4v) is 1.40. The van der Waals surface area contributed by atoms with Crippen LogP contribution in [0, 0.1) is 0 Å². The molecule has 0 aliphatic carbocycles. The van der Waals surface area contributed by atoms with Gasteiger partial charge in [-0.1, -0.05) is 0 Å². The van der Waals surface area contributed by atoms with E-state index < -0.39 is 11.9 Å². The molecule has 0 unspecified atom stereocenters. The molecule has 0 fully saturated rings. The summed E-state index contributed by atoms with van der Waals surface area (Å²) < 4.78 is 9.63. The molecule has 110 valence electrons. The molecule has 2 aromatic rings. The molecule has 0 bridgehead atoms. The van der Waals surface area contributed by atoms with Crippen molar-refractivity contribution in [3.63, 3.8) is 0 Å². The van der Waals surface area contributed by atoms with E-state index in [4.69, 9.17) is 10.5 Å². The van der Waals surface area contributed by atoms with Crippen molar-refractivity contribution in [2.45, 2.75) is 0 Å². The van der Waals surface area contributed by atoms with Gasteiger partial charge in [-0.15, -0.1) is 5.10 Å². The lowest BCUT2D eigenvalue weighted by atomic mass is 10.3. The van der Waals surface area contributed by atoms with Crippen molar-refractivity contribution < 1.29 is 19.1 Å². The number of rotatable bonds is 5. The Hall–Kier alpha value is -3.10. The Labute approximate surface area is 119 Å². The Morgan fingerprint density at radius 2 is 2.05 bits per heavy atom. The summed E-state index contributed by atoms with van der Waals surface area (Å²) in [5, 5.41) is 8.56. The van der Waals surface area contributed by atoms with Crippen LogP contribution in [0.3, 0.4) is 0 Å². The van der Waals surface area contributed by atoms with Gasteiger partial charge >= 0.3 is 5.97 Å². The van der Waals surface area contributed by atoms with E-state index in [1.165, 1.54) is 7.11 Å². The fourth-order valence-electron chi connectivity index (χ4n) is 1.40. The molecule has 0 saturated carbocycles. The molecule has 1 aromatic heterocycles. The standard InChI is InChI=1S/C12H13N5O4/c1-20-9(18)6-21-8-4-2-7(3-5-8)14-11(19)10-15-12(13)17-16-10/h2-5H,6H2,1H3,(H,14,19)(H3,13,15,16,17). The number of ether oxygens (including phenoxy) is 2. The quantitative estimate of drug-likeness (QED) is 0.670. The predicted octanol–water partition coefficient (Wildman–Crippen LogP) is 0.191. The number of aromatic nitrogens is 3. The molecule has 0 saturated heterocycles. The highest BCUT2D eigenvalue weighted by Crippen LogP contribution is 2.16. The first-order valence-electron chi connectivity index (χ1n) is 5.87. The van der Waals surface area contributed by atoms with Crippen molar-refractivity contribution in [2.75, 3.05) is 24.8 Å². The van der Waals surface area contributed by atoms with Crippen molar-refractivity contribution >= 4 is 23.5 Å². The van der Waals surface area contributed by atoms with Crippen LogP contribution < -0.4 is 15.8 Å². The van der Waals surface area contributed by atoms with E-state index >= 15 is 0 Å². The Morgan fingerprint density at radius 1 is 1.33 bits per heavy atom. The van der Waals surface area contributed by atoms with Crippen LogP contribution in [0.15, 0.2) is 24.3 Å². The molecular formula is C12H13N5O4. The Bertz CT molecular complexity index is 637. The summed E-state index contributed by atoms with van der Waals surface area (Å²) in [5.41, 5.74) is 5.84. The summed E-state index contributed by atoms with van der Waals surface area (Å²) in [6.45, 7) is -0.181. The number of methoxy groups -OCH3 is 1. The molecule has 1 heterocycles. The van der Waals surface area contributed by atoms with Gasteiger partial charge in [-0.2, -0.15) is 4.98 Å². The first-order chi connectivity index (χ1) is 10.1. The normalized spacial score (nSPS) is 9.95. The Kier molecular flexibility index (Phi) is 4.34. The maximum absolute atomic E-state index is 11.8. The minimum atomic E-state index is -0.477. The van der Waals surface area contributed by atoms with Crippen LogP contribution in [-0.4, -0.2) is 40.8 Å². The summed E-state index contributed by atoms with van der Waals surface area (Å²) in [6, 6.07) is 6.44. The summed E-state index contributed by atoms with van der Waals surface area (Å²) >= 11 is 0. The second-order valence-corrected chi connectivity index (χ2v) is 3.89. The van der Waals surface area contributed by atoms with E-state index in [1.54, 1.807) is 24.3 Å². The molecule has 0 aliphatic rings. The van der Waals surface area contributed by atoms with Gasteiger partial charge in [-0.25, -0.2) is 4.79 Å². The molecule has 0 spiro atoms. The molecule has 0 aliphatic heterocycles. The first kappa shape index (κ1) is 14.3. The Morgan fingerprint density at radius 3 is 2.62 bits per heavy atom. The second-order valence-electron chi connectivity index (χ2n) is 3.89. The van der Waals surface area contributed by atoms with Crippen LogP contribution in [0.5, 0.6) is 5.75 Å². The monoisotopic (exact) mass is 291 g/mol. The minimum absolute atomic E-state index is 0.00768. The van der Waals surface area contributed by atoms with Gasteiger partial charge in [0, 0.05) is 5.69 Å². The van der Waals surface area contributed by atoms with Gasteiger partial charge in [-0.3, -0.25) is 9.89 Å². The zero-order valence-electron chi connectivity index (χ0n) is 11.1. The predicted molar refractivity (Wildman–Crippen MR) is 72.7 cm³/mol. The van der Waals surface area contributed by atoms with E-state index in [2.05, 4.69) is 25.2 Å². The first-order valence-corrected chi connectivity index (χ1v) is 5.87. The van der Waals surface area contributed by atoms with Crippen LogP contribution in [0.2, 0.25) is 0 Å². The average molecular weight is 291 g/mol. The summed E-state index contributed by atoms with van der Waals surface area (Å²) in [4.78, 5) is 26.4. The molecule has 1 aromatic carbocycles. The molecule has 9 nitrogen and oxygen atoms in total. The zero-order valence-corrected chi connectivity index (χ0v) is 11.1. The number of hydrogen-bond donors (Lipinski definition) is 3. The number of hydrogen-bond acceptors (Lipinski definition) is 7. The van der Waals surface area contributed by atoms with Gasteiger partial charge in [-0.05, 0) is 24.3 Å². The van der Waals surface area contributed by atoms with E-state index in [1.807, 2.05) is 0 Å². The van der Waals surface area contributed by atoms with Gasteiger partial charge in [0.05, 0.1) is 7.11 Å². The van der Waals surface area contributed by atoms with Crippen LogP contribution in [0.4, 0.5) is 11.6 Å². The molecule has 9 heteroatoms. The number of benzene rings is 1. The van der Waals surface area contributed by atoms with Crippen molar-refractivity contribution in [1.29, 1.82) is 0 Å². The summed E-state index contributed by atoms with van der Waals surface area (Å²) in [5.74, 6) is -0.467. The number of nitrogens with one attached hydrogen (secondary N) is 2. The molecule has 0 radical (unpaired) electrons. The fraction of sp³-hybridized carbons (Fsp3) is 0.167. The van der Waals surface area contributed by atoms with Crippen LogP contribution in [-0.2, 0) is 9.53 Å². The summed E-state index contributed by atoms with van der Waals surface area (Å²) in [7, 11) is 1.28.